The van der Waals surface area contributed by atoms with Crippen LogP contribution in [0.5, 0.6) is 23.3 Å². The van der Waals surface area contributed by atoms with Crippen LogP contribution in [0.2, 0.25) is 0 Å². The van der Waals surface area contributed by atoms with E-state index in [1.165, 1.54) is 6.33 Å². The molecule has 0 radical (unpaired) electrons. The highest BCUT2D eigenvalue weighted by molar-refractivity contribution is 5.57. The number of hydrogen-bond acceptors (Lipinski definition) is 6. The molecule has 0 spiro atoms. The number of rotatable bonds is 6. The quantitative estimate of drug-likeness (QED) is 0.880. The molecule has 2 N–H and O–H groups in total. The van der Waals surface area contributed by atoms with Gasteiger partial charge in [0.05, 0.1) is 12.7 Å². The fraction of sp³-hybridized carbons (Fsp3) is 0.333. The molecular formula is C15H19N3O3. The van der Waals surface area contributed by atoms with Gasteiger partial charge in [0.15, 0.2) is 17.2 Å². The first-order valence-electron chi connectivity index (χ1n) is 6.78. The average Bonchev–Trinajstić information content (AvgIpc) is 2.45. The van der Waals surface area contributed by atoms with Crippen LogP contribution < -0.4 is 19.9 Å². The standard InChI is InChI=1S/C15H19N3O3/c1-4-19-11-7-5-6-8-12(11)21-15-13(16)14(17-9-18-15)20-10(2)3/h5-10H,4,16H2,1-3H3. The lowest BCUT2D eigenvalue weighted by molar-refractivity contribution is 0.232. The fourth-order valence-corrected chi connectivity index (χ4v) is 1.68. The minimum atomic E-state index is -0.0363. The molecule has 0 bridgehead atoms. The molecule has 0 saturated carbocycles. The lowest BCUT2D eigenvalue weighted by Gasteiger charge is -2.14. The van der Waals surface area contributed by atoms with Crippen molar-refractivity contribution in [1.29, 1.82) is 0 Å². The number of hydrogen-bond donors (Lipinski definition) is 1. The molecular weight excluding hydrogens is 270 g/mol. The van der Waals surface area contributed by atoms with Crippen LogP contribution in [-0.4, -0.2) is 22.7 Å². The summed E-state index contributed by atoms with van der Waals surface area (Å²) >= 11 is 0. The normalized spacial score (nSPS) is 10.5. The van der Waals surface area contributed by atoms with Crippen molar-refractivity contribution in [3.8, 4) is 23.3 Å². The maximum absolute atomic E-state index is 5.99. The Morgan fingerprint density at radius 1 is 1.10 bits per heavy atom. The second-order valence-corrected chi connectivity index (χ2v) is 4.55. The predicted molar refractivity (Wildman–Crippen MR) is 79.9 cm³/mol. The molecule has 2 rings (SSSR count). The van der Waals surface area contributed by atoms with E-state index in [9.17, 15) is 0 Å². The molecule has 0 aliphatic heterocycles. The maximum atomic E-state index is 5.99. The first kappa shape index (κ1) is 14.9. The van der Waals surface area contributed by atoms with Crippen molar-refractivity contribution in [1.82, 2.24) is 9.97 Å². The maximum Gasteiger partial charge on any atom is 0.250 e. The van der Waals surface area contributed by atoms with E-state index in [4.69, 9.17) is 19.9 Å². The summed E-state index contributed by atoms with van der Waals surface area (Å²) in [5.74, 6) is 1.72. The van der Waals surface area contributed by atoms with Crippen LogP contribution in [-0.2, 0) is 0 Å². The highest BCUT2D eigenvalue weighted by Crippen LogP contribution is 2.35. The molecule has 0 unspecified atom stereocenters. The zero-order chi connectivity index (χ0) is 15.2. The first-order chi connectivity index (χ1) is 10.1. The Hall–Kier alpha value is -2.50. The van der Waals surface area contributed by atoms with E-state index in [0.717, 1.165) is 0 Å². The summed E-state index contributed by atoms with van der Waals surface area (Å²) in [6, 6.07) is 7.33. The van der Waals surface area contributed by atoms with Gasteiger partial charge in [-0.2, -0.15) is 9.97 Å². The van der Waals surface area contributed by atoms with E-state index in [-0.39, 0.29) is 17.7 Å². The van der Waals surface area contributed by atoms with Crippen molar-refractivity contribution >= 4 is 5.69 Å². The minimum absolute atomic E-state index is 0.0363. The molecule has 0 saturated heterocycles. The van der Waals surface area contributed by atoms with E-state index in [1.807, 2.05) is 39.0 Å². The Morgan fingerprint density at radius 2 is 1.76 bits per heavy atom. The van der Waals surface area contributed by atoms with Gasteiger partial charge in [-0.1, -0.05) is 12.1 Å². The molecule has 6 nitrogen and oxygen atoms in total. The Labute approximate surface area is 123 Å². The third kappa shape index (κ3) is 3.75. The third-order valence-electron chi connectivity index (χ3n) is 2.51. The van der Waals surface area contributed by atoms with Gasteiger partial charge in [0.1, 0.15) is 6.33 Å². The van der Waals surface area contributed by atoms with E-state index in [1.54, 1.807) is 6.07 Å². The van der Waals surface area contributed by atoms with Crippen molar-refractivity contribution in [2.75, 3.05) is 12.3 Å². The molecule has 0 amide bonds. The summed E-state index contributed by atoms with van der Waals surface area (Å²) in [5, 5.41) is 0. The van der Waals surface area contributed by atoms with Crippen LogP contribution in [0.15, 0.2) is 30.6 Å². The monoisotopic (exact) mass is 289 g/mol. The summed E-state index contributed by atoms with van der Waals surface area (Å²) in [7, 11) is 0. The number of nitrogens with zero attached hydrogens (tertiary/aromatic N) is 2. The van der Waals surface area contributed by atoms with Crippen LogP contribution in [0, 0.1) is 0 Å². The number of nitrogens with two attached hydrogens (primary N) is 1. The molecule has 1 aromatic heterocycles. The zero-order valence-corrected chi connectivity index (χ0v) is 12.4. The van der Waals surface area contributed by atoms with Crippen LogP contribution >= 0.6 is 0 Å². The average molecular weight is 289 g/mol. The Balaban J connectivity index is 2.28. The second-order valence-electron chi connectivity index (χ2n) is 4.55. The number of aromatic nitrogens is 2. The summed E-state index contributed by atoms with van der Waals surface area (Å²) in [6.45, 7) is 6.24. The topological polar surface area (TPSA) is 79.5 Å². The number of nitrogen functional groups attached to an aromatic ring is 1. The second kappa shape index (κ2) is 6.78. The van der Waals surface area contributed by atoms with Crippen molar-refractivity contribution in [3.63, 3.8) is 0 Å². The number of benzene rings is 1. The van der Waals surface area contributed by atoms with Crippen LogP contribution in [0.1, 0.15) is 20.8 Å². The number of para-hydroxylation sites is 2. The van der Waals surface area contributed by atoms with Gasteiger partial charge in [-0.15, -0.1) is 0 Å². The van der Waals surface area contributed by atoms with Crippen molar-refractivity contribution in [2.24, 2.45) is 0 Å². The Morgan fingerprint density at radius 3 is 2.43 bits per heavy atom. The van der Waals surface area contributed by atoms with Crippen LogP contribution in [0.25, 0.3) is 0 Å². The van der Waals surface area contributed by atoms with Crippen LogP contribution in [0.4, 0.5) is 5.69 Å². The van der Waals surface area contributed by atoms with Gasteiger partial charge in [-0.25, -0.2) is 0 Å². The molecule has 0 fully saturated rings. The molecule has 1 heterocycles. The Bertz CT molecular complexity index is 602. The molecule has 0 aliphatic rings. The molecule has 21 heavy (non-hydrogen) atoms. The van der Waals surface area contributed by atoms with E-state index < -0.39 is 0 Å². The molecule has 0 aliphatic carbocycles. The summed E-state index contributed by atoms with van der Waals surface area (Å²) in [6.07, 6.45) is 1.32. The summed E-state index contributed by atoms with van der Waals surface area (Å²) in [5.41, 5.74) is 6.25. The third-order valence-corrected chi connectivity index (χ3v) is 2.51. The predicted octanol–water partition coefficient (Wildman–Crippen LogP) is 3.04. The molecule has 1 aromatic carbocycles. The Kier molecular flexibility index (Phi) is 4.81. The largest absolute Gasteiger partial charge is 0.490 e. The highest BCUT2D eigenvalue weighted by atomic mass is 16.5. The van der Waals surface area contributed by atoms with Gasteiger partial charge >= 0.3 is 0 Å². The van der Waals surface area contributed by atoms with Crippen molar-refractivity contribution in [3.05, 3.63) is 30.6 Å². The minimum Gasteiger partial charge on any atom is -0.490 e. The summed E-state index contributed by atoms with van der Waals surface area (Å²) < 4.78 is 16.8. The highest BCUT2D eigenvalue weighted by Gasteiger charge is 2.14. The molecule has 112 valence electrons. The van der Waals surface area contributed by atoms with Crippen molar-refractivity contribution in [2.45, 2.75) is 26.9 Å². The van der Waals surface area contributed by atoms with Crippen LogP contribution in [0.3, 0.4) is 0 Å². The number of anilines is 1. The SMILES string of the molecule is CCOc1ccccc1Oc1ncnc(OC(C)C)c1N. The lowest BCUT2D eigenvalue weighted by Crippen LogP contribution is -2.10. The molecule has 0 atom stereocenters. The van der Waals surface area contributed by atoms with E-state index in [0.29, 0.717) is 24.0 Å². The van der Waals surface area contributed by atoms with Gasteiger partial charge in [0.25, 0.3) is 0 Å². The molecule has 2 aromatic rings. The number of ether oxygens (including phenoxy) is 3. The fourth-order valence-electron chi connectivity index (χ4n) is 1.68. The van der Waals surface area contributed by atoms with E-state index >= 15 is 0 Å². The van der Waals surface area contributed by atoms with Gasteiger partial charge < -0.3 is 19.9 Å². The van der Waals surface area contributed by atoms with Gasteiger partial charge in [-0.3, -0.25) is 0 Å². The van der Waals surface area contributed by atoms with Gasteiger partial charge in [-0.05, 0) is 32.9 Å². The van der Waals surface area contributed by atoms with Crippen molar-refractivity contribution < 1.29 is 14.2 Å². The van der Waals surface area contributed by atoms with E-state index in [2.05, 4.69) is 9.97 Å². The lowest BCUT2D eigenvalue weighted by atomic mass is 10.3. The zero-order valence-electron chi connectivity index (χ0n) is 12.4. The smallest absolute Gasteiger partial charge is 0.250 e. The van der Waals surface area contributed by atoms with Gasteiger partial charge in [0.2, 0.25) is 11.8 Å². The summed E-state index contributed by atoms with van der Waals surface area (Å²) in [4.78, 5) is 8.06. The molecule has 6 heteroatoms. The first-order valence-corrected chi connectivity index (χ1v) is 6.78. The van der Waals surface area contributed by atoms with Gasteiger partial charge in [0, 0.05) is 0 Å².